The van der Waals surface area contributed by atoms with Crippen LogP contribution in [0.2, 0.25) is 0 Å². The Morgan fingerprint density at radius 2 is 1.76 bits per heavy atom. The molecule has 1 fully saturated rings. The maximum Gasteiger partial charge on any atom is 0.244 e. The van der Waals surface area contributed by atoms with Crippen LogP contribution in [-0.2, 0) is 11.3 Å². The summed E-state index contributed by atoms with van der Waals surface area (Å²) < 4.78 is 1.59. The molecular formula is C21H25N7O. The highest BCUT2D eigenvalue weighted by Crippen LogP contribution is 2.15. The number of benzene rings is 2. The highest BCUT2D eigenvalue weighted by atomic mass is 16.2. The normalized spacial score (nSPS) is 15.8. The third-order valence-electron chi connectivity index (χ3n) is 5.17. The molecule has 8 heteroatoms. The summed E-state index contributed by atoms with van der Waals surface area (Å²) >= 11 is 0. The Bertz CT molecular complexity index is 904. The van der Waals surface area contributed by atoms with Gasteiger partial charge >= 0.3 is 0 Å². The molecule has 0 spiro atoms. The van der Waals surface area contributed by atoms with Crippen LogP contribution in [0.5, 0.6) is 0 Å². The van der Waals surface area contributed by atoms with Crippen LogP contribution >= 0.6 is 0 Å². The van der Waals surface area contributed by atoms with Gasteiger partial charge in [0.2, 0.25) is 5.91 Å². The number of nitrogens with one attached hydrogen (secondary N) is 1. The van der Waals surface area contributed by atoms with Crippen molar-refractivity contribution in [3.63, 3.8) is 0 Å². The van der Waals surface area contributed by atoms with Crippen LogP contribution < -0.4 is 5.32 Å². The molecule has 3 aromatic rings. The van der Waals surface area contributed by atoms with Crippen molar-refractivity contribution in [2.24, 2.45) is 0 Å². The van der Waals surface area contributed by atoms with Crippen LogP contribution in [-0.4, -0.2) is 68.1 Å². The fourth-order valence-electron chi connectivity index (χ4n) is 3.54. The Balaban J connectivity index is 1.27. The van der Waals surface area contributed by atoms with Crippen molar-refractivity contribution in [2.45, 2.75) is 19.5 Å². The summed E-state index contributed by atoms with van der Waals surface area (Å²) in [6.45, 7) is 6.16. The van der Waals surface area contributed by atoms with Crippen LogP contribution in [0.4, 0.5) is 5.69 Å². The predicted octanol–water partition coefficient (Wildman–Crippen LogP) is 1.81. The van der Waals surface area contributed by atoms with Crippen molar-refractivity contribution in [1.82, 2.24) is 30.0 Å². The molecule has 1 aromatic heterocycles. The van der Waals surface area contributed by atoms with E-state index in [0.29, 0.717) is 0 Å². The van der Waals surface area contributed by atoms with Crippen LogP contribution in [0.1, 0.15) is 12.5 Å². The monoisotopic (exact) mass is 391 g/mol. The quantitative estimate of drug-likeness (QED) is 0.690. The van der Waals surface area contributed by atoms with E-state index < -0.39 is 0 Å². The molecule has 0 bridgehead atoms. The third-order valence-corrected chi connectivity index (χ3v) is 5.17. The zero-order chi connectivity index (χ0) is 20.1. The molecule has 4 rings (SSSR count). The lowest BCUT2D eigenvalue weighted by molar-refractivity contribution is -0.133. The van der Waals surface area contributed by atoms with Gasteiger partial charge in [0.05, 0.1) is 5.69 Å². The van der Waals surface area contributed by atoms with E-state index in [1.165, 1.54) is 5.56 Å². The van der Waals surface area contributed by atoms with E-state index >= 15 is 0 Å². The van der Waals surface area contributed by atoms with Crippen LogP contribution in [0, 0.1) is 0 Å². The summed E-state index contributed by atoms with van der Waals surface area (Å²) in [4.78, 5) is 17.2. The largest absolute Gasteiger partial charge is 0.374 e. The number of carbonyl (C=O) groups is 1. The lowest BCUT2D eigenvalue weighted by atomic mass is 10.2. The summed E-state index contributed by atoms with van der Waals surface area (Å²) in [6.07, 6.45) is 1.55. The van der Waals surface area contributed by atoms with E-state index in [2.05, 4.69) is 50.0 Å². The van der Waals surface area contributed by atoms with E-state index in [1.807, 2.05) is 42.2 Å². The van der Waals surface area contributed by atoms with E-state index in [0.717, 1.165) is 44.1 Å². The summed E-state index contributed by atoms with van der Waals surface area (Å²) in [5.74, 6) is 0.133. The molecule has 1 aliphatic heterocycles. The van der Waals surface area contributed by atoms with Crippen molar-refractivity contribution >= 4 is 11.6 Å². The van der Waals surface area contributed by atoms with Crippen molar-refractivity contribution in [3.05, 3.63) is 66.5 Å². The first-order valence-corrected chi connectivity index (χ1v) is 9.84. The molecule has 150 valence electrons. The second-order valence-corrected chi connectivity index (χ2v) is 7.25. The number of tetrazole rings is 1. The molecule has 1 aliphatic rings. The molecule has 0 saturated carbocycles. The molecule has 2 heterocycles. The molecule has 1 saturated heterocycles. The summed E-state index contributed by atoms with van der Waals surface area (Å²) in [5, 5.41) is 14.4. The van der Waals surface area contributed by atoms with E-state index in [-0.39, 0.29) is 11.9 Å². The van der Waals surface area contributed by atoms with E-state index in [9.17, 15) is 4.79 Å². The molecule has 8 nitrogen and oxygen atoms in total. The number of piperazine rings is 1. The number of hydrogen-bond donors (Lipinski definition) is 1. The second-order valence-electron chi connectivity index (χ2n) is 7.25. The number of rotatable bonds is 6. The Morgan fingerprint density at radius 3 is 2.41 bits per heavy atom. The highest BCUT2D eigenvalue weighted by Gasteiger charge is 2.24. The number of anilines is 1. The molecule has 0 aliphatic carbocycles. The number of aromatic nitrogens is 4. The second kappa shape index (κ2) is 8.83. The SMILES string of the molecule is C[C@H](Nc1ccc(-n2cnnn2)cc1)C(=O)N1CCN(Cc2ccccc2)CC1. The van der Waals surface area contributed by atoms with Crippen molar-refractivity contribution in [3.8, 4) is 5.69 Å². The first-order valence-electron chi connectivity index (χ1n) is 9.84. The van der Waals surface area contributed by atoms with Crippen molar-refractivity contribution in [2.75, 3.05) is 31.5 Å². The zero-order valence-electron chi connectivity index (χ0n) is 16.5. The van der Waals surface area contributed by atoms with Gasteiger partial charge in [-0.3, -0.25) is 9.69 Å². The molecule has 1 amide bonds. The van der Waals surface area contributed by atoms with Gasteiger partial charge in [-0.1, -0.05) is 30.3 Å². The smallest absolute Gasteiger partial charge is 0.244 e. The fourth-order valence-corrected chi connectivity index (χ4v) is 3.54. The first-order chi connectivity index (χ1) is 14.2. The van der Waals surface area contributed by atoms with Gasteiger partial charge in [0.15, 0.2) is 0 Å². The molecule has 0 radical (unpaired) electrons. The predicted molar refractivity (Wildman–Crippen MR) is 111 cm³/mol. The Hall–Kier alpha value is -3.26. The summed E-state index contributed by atoms with van der Waals surface area (Å²) in [6, 6.07) is 17.9. The first kappa shape index (κ1) is 19.1. The molecule has 1 N–H and O–H groups in total. The average molecular weight is 391 g/mol. The van der Waals surface area contributed by atoms with E-state index in [4.69, 9.17) is 0 Å². The number of amides is 1. The van der Waals surface area contributed by atoms with Crippen LogP contribution in [0.25, 0.3) is 5.69 Å². The Kier molecular flexibility index (Phi) is 5.81. The van der Waals surface area contributed by atoms with Gasteiger partial charge in [0.25, 0.3) is 0 Å². The number of hydrogen-bond acceptors (Lipinski definition) is 6. The van der Waals surface area contributed by atoms with Crippen molar-refractivity contribution < 1.29 is 4.79 Å². The van der Waals surface area contributed by atoms with Gasteiger partial charge in [-0.05, 0) is 47.2 Å². The fraction of sp³-hybridized carbons (Fsp3) is 0.333. The van der Waals surface area contributed by atoms with Crippen LogP contribution in [0.15, 0.2) is 60.9 Å². The van der Waals surface area contributed by atoms with E-state index in [1.54, 1.807) is 11.0 Å². The highest BCUT2D eigenvalue weighted by molar-refractivity contribution is 5.84. The average Bonchev–Trinajstić information content (AvgIpc) is 3.30. The summed E-state index contributed by atoms with van der Waals surface area (Å²) in [7, 11) is 0. The van der Waals surface area contributed by atoms with Crippen molar-refractivity contribution in [1.29, 1.82) is 0 Å². The Labute approximate surface area is 170 Å². The van der Waals surface area contributed by atoms with Gasteiger partial charge in [-0.15, -0.1) is 5.10 Å². The maximum atomic E-state index is 12.8. The summed E-state index contributed by atoms with van der Waals surface area (Å²) in [5.41, 5.74) is 3.08. The minimum absolute atomic E-state index is 0.133. The molecule has 0 unspecified atom stereocenters. The minimum atomic E-state index is -0.283. The van der Waals surface area contributed by atoms with Gasteiger partial charge in [0.1, 0.15) is 12.4 Å². The standard InChI is InChI=1S/C21H25N7O/c1-17(23-19-7-9-20(10-8-19)28-16-22-24-25-28)21(29)27-13-11-26(12-14-27)15-18-5-3-2-4-6-18/h2-10,16-17,23H,11-15H2,1H3/t17-/m0/s1. The number of carbonyl (C=O) groups excluding carboxylic acids is 1. The zero-order valence-corrected chi connectivity index (χ0v) is 16.5. The lowest BCUT2D eigenvalue weighted by Gasteiger charge is -2.36. The molecule has 29 heavy (non-hydrogen) atoms. The van der Waals surface area contributed by atoms with Gasteiger partial charge < -0.3 is 10.2 Å². The molecular weight excluding hydrogens is 366 g/mol. The number of nitrogens with zero attached hydrogens (tertiary/aromatic N) is 6. The van der Waals surface area contributed by atoms with Gasteiger partial charge in [-0.25, -0.2) is 4.68 Å². The topological polar surface area (TPSA) is 79.2 Å². The third kappa shape index (κ3) is 4.78. The van der Waals surface area contributed by atoms with Crippen LogP contribution in [0.3, 0.4) is 0 Å². The Morgan fingerprint density at radius 1 is 1.03 bits per heavy atom. The van der Waals surface area contributed by atoms with Gasteiger partial charge in [-0.2, -0.15) is 0 Å². The maximum absolute atomic E-state index is 12.8. The minimum Gasteiger partial charge on any atom is -0.374 e. The molecule has 2 aromatic carbocycles. The molecule has 1 atom stereocenters. The van der Waals surface area contributed by atoms with Gasteiger partial charge in [0, 0.05) is 38.4 Å². The lowest BCUT2D eigenvalue weighted by Crippen LogP contribution is -2.51.